The highest BCUT2D eigenvalue weighted by molar-refractivity contribution is 5.77. The van der Waals surface area contributed by atoms with E-state index in [-0.39, 0.29) is 12.0 Å². The van der Waals surface area contributed by atoms with E-state index >= 15 is 0 Å². The molecule has 2 unspecified atom stereocenters. The molecular formula is C19H27NO3. The summed E-state index contributed by atoms with van der Waals surface area (Å²) in [6.07, 6.45) is 3.24. The number of amides is 1. The van der Waals surface area contributed by atoms with E-state index in [0.29, 0.717) is 24.9 Å². The van der Waals surface area contributed by atoms with Gasteiger partial charge in [0.25, 0.3) is 0 Å². The van der Waals surface area contributed by atoms with Crippen molar-refractivity contribution in [2.24, 2.45) is 5.92 Å². The molecule has 0 N–H and O–H groups in total. The Morgan fingerprint density at radius 3 is 2.83 bits per heavy atom. The van der Waals surface area contributed by atoms with Crippen LogP contribution in [0.15, 0.2) is 18.2 Å². The molecule has 4 heteroatoms. The third-order valence-corrected chi connectivity index (χ3v) is 5.03. The topological polar surface area (TPSA) is 38.8 Å². The van der Waals surface area contributed by atoms with Gasteiger partial charge < -0.3 is 14.4 Å². The van der Waals surface area contributed by atoms with Gasteiger partial charge in [-0.25, -0.2) is 0 Å². The maximum atomic E-state index is 12.7. The lowest BCUT2D eigenvalue weighted by atomic mass is 9.89. The van der Waals surface area contributed by atoms with Crippen molar-refractivity contribution in [1.29, 1.82) is 0 Å². The van der Waals surface area contributed by atoms with Crippen molar-refractivity contribution in [1.82, 2.24) is 4.90 Å². The molecule has 0 bridgehead atoms. The first kappa shape index (κ1) is 16.3. The van der Waals surface area contributed by atoms with Gasteiger partial charge in [-0.1, -0.05) is 12.1 Å². The van der Waals surface area contributed by atoms with Gasteiger partial charge in [0.1, 0.15) is 5.75 Å². The second-order valence-corrected chi connectivity index (χ2v) is 6.90. The highest BCUT2D eigenvalue weighted by Crippen LogP contribution is 2.45. The molecule has 23 heavy (non-hydrogen) atoms. The van der Waals surface area contributed by atoms with Crippen molar-refractivity contribution in [3.8, 4) is 5.75 Å². The molecule has 1 aromatic carbocycles. The molecular weight excluding hydrogens is 290 g/mol. The van der Waals surface area contributed by atoms with E-state index in [2.05, 4.69) is 19.1 Å². The minimum absolute atomic E-state index is 0.148. The fraction of sp³-hybridized carbons (Fsp3) is 0.632. The van der Waals surface area contributed by atoms with Gasteiger partial charge in [-0.05, 0) is 55.7 Å². The number of nitrogens with zero attached hydrogens (tertiary/aromatic N) is 1. The maximum Gasteiger partial charge on any atom is 0.223 e. The smallest absolute Gasteiger partial charge is 0.223 e. The van der Waals surface area contributed by atoms with Gasteiger partial charge in [-0.2, -0.15) is 0 Å². The first-order valence-corrected chi connectivity index (χ1v) is 8.62. The predicted octanol–water partition coefficient (Wildman–Crippen LogP) is 3.13. The minimum atomic E-state index is 0.148. The first-order chi connectivity index (χ1) is 11.1. The molecule has 0 aromatic heterocycles. The number of methoxy groups -OCH3 is 1. The van der Waals surface area contributed by atoms with Gasteiger partial charge in [-0.3, -0.25) is 4.79 Å². The molecule has 1 aromatic rings. The number of hydrogen-bond acceptors (Lipinski definition) is 3. The predicted molar refractivity (Wildman–Crippen MR) is 89.8 cm³/mol. The number of aryl methyl sites for hydroxylation is 1. The van der Waals surface area contributed by atoms with E-state index in [9.17, 15) is 4.79 Å². The molecule has 2 aliphatic rings. The Bertz CT molecular complexity index is 568. The summed E-state index contributed by atoms with van der Waals surface area (Å²) >= 11 is 0. The Morgan fingerprint density at radius 1 is 1.43 bits per heavy atom. The minimum Gasteiger partial charge on any atom is -0.496 e. The van der Waals surface area contributed by atoms with E-state index in [0.717, 1.165) is 24.4 Å². The summed E-state index contributed by atoms with van der Waals surface area (Å²) < 4.78 is 10.9. The molecule has 1 amide bonds. The number of carbonyl (C=O) groups excluding carboxylic acids is 1. The molecule has 1 aliphatic heterocycles. The summed E-state index contributed by atoms with van der Waals surface area (Å²) in [4.78, 5) is 14.7. The van der Waals surface area contributed by atoms with Crippen LogP contribution in [-0.4, -0.2) is 43.7 Å². The number of morpholine rings is 1. The van der Waals surface area contributed by atoms with Gasteiger partial charge in [0.2, 0.25) is 5.91 Å². The Labute approximate surface area is 138 Å². The van der Waals surface area contributed by atoms with Crippen LogP contribution in [0.2, 0.25) is 0 Å². The van der Waals surface area contributed by atoms with E-state index < -0.39 is 0 Å². The Kier molecular flexibility index (Phi) is 4.90. The SMILES string of the molecule is COc1ccc(C(CC(=O)N2CCOC(C)C2)C2CC2)cc1C. The number of hydrogen-bond donors (Lipinski definition) is 0. The van der Waals surface area contributed by atoms with Gasteiger partial charge in [0.15, 0.2) is 0 Å². The Morgan fingerprint density at radius 2 is 2.22 bits per heavy atom. The van der Waals surface area contributed by atoms with Crippen LogP contribution in [-0.2, 0) is 9.53 Å². The van der Waals surface area contributed by atoms with Crippen LogP contribution in [0.5, 0.6) is 5.75 Å². The fourth-order valence-corrected chi connectivity index (χ4v) is 3.55. The molecule has 4 nitrogen and oxygen atoms in total. The van der Waals surface area contributed by atoms with Crippen molar-refractivity contribution in [2.75, 3.05) is 26.8 Å². The fourth-order valence-electron chi connectivity index (χ4n) is 3.55. The van der Waals surface area contributed by atoms with Gasteiger partial charge >= 0.3 is 0 Å². The van der Waals surface area contributed by atoms with Crippen LogP contribution in [0.3, 0.4) is 0 Å². The van der Waals surface area contributed by atoms with Crippen molar-refractivity contribution in [2.45, 2.75) is 45.1 Å². The normalized spacial score (nSPS) is 22.7. The molecule has 3 rings (SSSR count). The number of benzene rings is 1. The van der Waals surface area contributed by atoms with Crippen LogP contribution in [0, 0.1) is 12.8 Å². The van der Waals surface area contributed by atoms with Crippen LogP contribution in [0.1, 0.15) is 43.2 Å². The zero-order valence-corrected chi connectivity index (χ0v) is 14.4. The summed E-state index contributed by atoms with van der Waals surface area (Å²) in [7, 11) is 1.70. The van der Waals surface area contributed by atoms with Gasteiger partial charge in [-0.15, -0.1) is 0 Å². The lowest BCUT2D eigenvalue weighted by Crippen LogP contribution is -2.44. The summed E-state index contributed by atoms with van der Waals surface area (Å²) in [5.41, 5.74) is 2.42. The molecule has 1 saturated heterocycles. The van der Waals surface area contributed by atoms with Crippen LogP contribution < -0.4 is 4.74 Å². The highest BCUT2D eigenvalue weighted by Gasteiger charge is 2.35. The van der Waals surface area contributed by atoms with Gasteiger partial charge in [0, 0.05) is 19.5 Å². The monoisotopic (exact) mass is 317 g/mol. The quantitative estimate of drug-likeness (QED) is 0.837. The van der Waals surface area contributed by atoms with Crippen molar-refractivity contribution in [3.05, 3.63) is 29.3 Å². The van der Waals surface area contributed by atoms with E-state index in [1.165, 1.54) is 18.4 Å². The van der Waals surface area contributed by atoms with Crippen LogP contribution in [0.25, 0.3) is 0 Å². The van der Waals surface area contributed by atoms with E-state index in [1.54, 1.807) is 7.11 Å². The zero-order valence-electron chi connectivity index (χ0n) is 14.4. The van der Waals surface area contributed by atoms with Crippen LogP contribution >= 0.6 is 0 Å². The van der Waals surface area contributed by atoms with Gasteiger partial charge in [0.05, 0.1) is 19.8 Å². The maximum absolute atomic E-state index is 12.7. The Hall–Kier alpha value is -1.55. The summed E-state index contributed by atoms with van der Waals surface area (Å²) in [6, 6.07) is 6.35. The van der Waals surface area contributed by atoms with Crippen molar-refractivity contribution in [3.63, 3.8) is 0 Å². The molecule has 0 spiro atoms. The third kappa shape index (κ3) is 3.86. The largest absolute Gasteiger partial charge is 0.496 e. The molecule has 126 valence electrons. The molecule has 2 fully saturated rings. The first-order valence-electron chi connectivity index (χ1n) is 8.62. The lowest BCUT2D eigenvalue weighted by Gasteiger charge is -2.32. The van der Waals surface area contributed by atoms with Crippen LogP contribution in [0.4, 0.5) is 0 Å². The number of carbonyl (C=O) groups is 1. The number of rotatable bonds is 5. The second-order valence-electron chi connectivity index (χ2n) is 6.90. The molecule has 1 heterocycles. The number of ether oxygens (including phenoxy) is 2. The standard InChI is InChI=1S/C19H27NO3/c1-13-10-16(6-7-18(13)22-3)17(15-4-5-15)11-19(21)20-8-9-23-14(2)12-20/h6-7,10,14-15,17H,4-5,8-9,11-12H2,1-3H3. The molecule has 0 radical (unpaired) electrons. The summed E-state index contributed by atoms with van der Waals surface area (Å²) in [5.74, 6) is 2.18. The summed E-state index contributed by atoms with van der Waals surface area (Å²) in [5, 5.41) is 0. The summed E-state index contributed by atoms with van der Waals surface area (Å²) in [6.45, 7) is 6.20. The van der Waals surface area contributed by atoms with Crippen molar-refractivity contribution >= 4 is 5.91 Å². The molecule has 1 saturated carbocycles. The molecule has 2 atom stereocenters. The van der Waals surface area contributed by atoms with E-state index in [4.69, 9.17) is 9.47 Å². The lowest BCUT2D eigenvalue weighted by molar-refractivity contribution is -0.138. The Balaban J connectivity index is 1.72. The third-order valence-electron chi connectivity index (χ3n) is 5.03. The van der Waals surface area contributed by atoms with E-state index in [1.807, 2.05) is 17.9 Å². The average molecular weight is 317 g/mol. The molecule has 1 aliphatic carbocycles. The zero-order chi connectivity index (χ0) is 16.4. The second kappa shape index (κ2) is 6.91. The highest BCUT2D eigenvalue weighted by atomic mass is 16.5. The van der Waals surface area contributed by atoms with Crippen molar-refractivity contribution < 1.29 is 14.3 Å². The average Bonchev–Trinajstić information content (AvgIpc) is 3.37.